The third kappa shape index (κ3) is 7.06. The minimum absolute atomic E-state index is 0.492. The third-order valence-electron chi connectivity index (χ3n) is 0.996. The number of aliphatic hydroxyl groups excluding tert-OH is 1. The Bertz CT molecular complexity index is 138. The van der Waals surface area contributed by atoms with Crippen molar-refractivity contribution in [3.8, 4) is 0 Å². The van der Waals surface area contributed by atoms with E-state index in [1.54, 1.807) is 6.08 Å². The Balaban J connectivity index is 3.51. The predicted molar refractivity (Wildman–Crippen MR) is 41.8 cm³/mol. The number of esters is 1. The number of unbranched alkanes of at least 4 members (excludes halogenated alkanes) is 1. The Morgan fingerprint density at radius 1 is 1.73 bits per heavy atom. The second kappa shape index (κ2) is 5.92. The molecule has 0 aliphatic rings. The molecule has 0 aromatic carbocycles. The number of aliphatic hydroxyl groups is 1. The normalized spacial score (nSPS) is 13.4. The molecule has 0 spiro atoms. The molecular formula is C8H14O3. The van der Waals surface area contributed by atoms with Crippen LogP contribution in [0, 0.1) is 0 Å². The van der Waals surface area contributed by atoms with Crippen molar-refractivity contribution >= 4 is 5.97 Å². The molecule has 0 aromatic rings. The van der Waals surface area contributed by atoms with Gasteiger partial charge in [-0.15, -0.1) is 0 Å². The van der Waals surface area contributed by atoms with E-state index in [9.17, 15) is 4.79 Å². The monoisotopic (exact) mass is 158 g/mol. The molecular weight excluding hydrogens is 144 g/mol. The van der Waals surface area contributed by atoms with Crippen LogP contribution in [0.15, 0.2) is 12.2 Å². The van der Waals surface area contributed by atoms with E-state index in [1.807, 2.05) is 6.92 Å². The van der Waals surface area contributed by atoms with Crippen molar-refractivity contribution in [2.24, 2.45) is 0 Å². The summed E-state index contributed by atoms with van der Waals surface area (Å²) in [5, 5.41) is 8.60. The Morgan fingerprint density at radius 3 is 2.82 bits per heavy atom. The highest BCUT2D eigenvalue weighted by atomic mass is 16.6. The number of ether oxygens (including phenoxy) is 1. The van der Waals surface area contributed by atoms with Crippen LogP contribution in [0.4, 0.5) is 0 Å². The first-order chi connectivity index (χ1) is 5.16. The van der Waals surface area contributed by atoms with Gasteiger partial charge in [-0.2, -0.15) is 0 Å². The van der Waals surface area contributed by atoms with Gasteiger partial charge in [0, 0.05) is 6.08 Å². The van der Waals surface area contributed by atoms with Gasteiger partial charge in [-0.25, -0.2) is 4.79 Å². The van der Waals surface area contributed by atoms with Crippen molar-refractivity contribution in [1.82, 2.24) is 0 Å². The Kier molecular flexibility index (Phi) is 5.47. The van der Waals surface area contributed by atoms with Crippen LogP contribution in [-0.4, -0.2) is 17.4 Å². The topological polar surface area (TPSA) is 46.5 Å². The first-order valence-corrected chi connectivity index (χ1v) is 3.72. The average molecular weight is 158 g/mol. The molecule has 1 atom stereocenters. The molecule has 0 rings (SSSR count). The first kappa shape index (κ1) is 10.2. The Morgan fingerprint density at radius 2 is 2.36 bits per heavy atom. The summed E-state index contributed by atoms with van der Waals surface area (Å²) in [5.41, 5.74) is 0. The molecule has 11 heavy (non-hydrogen) atoms. The summed E-state index contributed by atoms with van der Waals surface area (Å²) < 4.78 is 4.43. The number of allylic oxidation sites excluding steroid dienone is 1. The van der Waals surface area contributed by atoms with E-state index in [-0.39, 0.29) is 0 Å². The van der Waals surface area contributed by atoms with E-state index in [0.717, 1.165) is 12.8 Å². The highest BCUT2D eigenvalue weighted by molar-refractivity contribution is 5.81. The van der Waals surface area contributed by atoms with Crippen LogP contribution in [0.25, 0.3) is 0 Å². The summed E-state index contributed by atoms with van der Waals surface area (Å²) in [6.07, 6.45) is 3.89. The van der Waals surface area contributed by atoms with Crippen molar-refractivity contribution in [3.05, 3.63) is 12.2 Å². The standard InChI is InChI=1S/C8H14O3/c1-3-4-5-6-8(10)11-7(2)9/h5-7,9H,3-4H2,1-2H3. The van der Waals surface area contributed by atoms with Crippen molar-refractivity contribution in [3.63, 3.8) is 0 Å². The smallest absolute Gasteiger partial charge is 0.332 e. The van der Waals surface area contributed by atoms with Crippen molar-refractivity contribution in [1.29, 1.82) is 0 Å². The lowest BCUT2D eigenvalue weighted by Gasteiger charge is -2.02. The number of hydrogen-bond donors (Lipinski definition) is 1. The zero-order chi connectivity index (χ0) is 8.69. The maximum Gasteiger partial charge on any atom is 0.332 e. The molecule has 1 N–H and O–H groups in total. The molecule has 0 fully saturated rings. The Hall–Kier alpha value is -0.830. The molecule has 0 aromatic heterocycles. The zero-order valence-electron chi connectivity index (χ0n) is 6.91. The molecule has 0 amide bonds. The van der Waals surface area contributed by atoms with Crippen molar-refractivity contribution in [2.75, 3.05) is 0 Å². The van der Waals surface area contributed by atoms with Gasteiger partial charge in [-0.1, -0.05) is 19.4 Å². The summed E-state index contributed by atoms with van der Waals surface area (Å²) in [5.74, 6) is -0.492. The van der Waals surface area contributed by atoms with Gasteiger partial charge >= 0.3 is 5.97 Å². The summed E-state index contributed by atoms with van der Waals surface area (Å²) in [4.78, 5) is 10.7. The number of carbonyl (C=O) groups is 1. The number of carbonyl (C=O) groups excluding carboxylic acids is 1. The molecule has 0 radical (unpaired) electrons. The van der Waals surface area contributed by atoms with E-state index in [0.29, 0.717) is 0 Å². The fourth-order valence-corrected chi connectivity index (χ4v) is 0.554. The van der Waals surface area contributed by atoms with Gasteiger partial charge in [0.1, 0.15) is 0 Å². The van der Waals surface area contributed by atoms with Crippen molar-refractivity contribution in [2.45, 2.75) is 33.0 Å². The van der Waals surface area contributed by atoms with Gasteiger partial charge in [0.25, 0.3) is 0 Å². The second-order valence-electron chi connectivity index (χ2n) is 2.23. The van der Waals surface area contributed by atoms with Crippen molar-refractivity contribution < 1.29 is 14.6 Å². The van der Waals surface area contributed by atoms with Crippen LogP contribution in [0.2, 0.25) is 0 Å². The minimum atomic E-state index is -1.02. The van der Waals surface area contributed by atoms with E-state index in [2.05, 4.69) is 4.74 Å². The summed E-state index contributed by atoms with van der Waals surface area (Å²) in [7, 11) is 0. The molecule has 64 valence electrons. The molecule has 0 bridgehead atoms. The zero-order valence-corrected chi connectivity index (χ0v) is 6.91. The van der Waals surface area contributed by atoms with Gasteiger partial charge in [-0.3, -0.25) is 0 Å². The van der Waals surface area contributed by atoms with E-state index >= 15 is 0 Å². The molecule has 0 saturated heterocycles. The SMILES string of the molecule is CCCC=CC(=O)OC(C)O. The van der Waals surface area contributed by atoms with Crippen LogP contribution in [0.3, 0.4) is 0 Å². The summed E-state index contributed by atoms with van der Waals surface area (Å²) in [6, 6.07) is 0. The largest absolute Gasteiger partial charge is 0.433 e. The number of hydrogen-bond acceptors (Lipinski definition) is 3. The quantitative estimate of drug-likeness (QED) is 0.380. The Labute approximate surface area is 66.7 Å². The minimum Gasteiger partial charge on any atom is -0.433 e. The van der Waals surface area contributed by atoms with Gasteiger partial charge in [0.2, 0.25) is 0 Å². The molecule has 0 heterocycles. The fourth-order valence-electron chi connectivity index (χ4n) is 0.554. The molecule has 1 unspecified atom stereocenters. The lowest BCUT2D eigenvalue weighted by molar-refractivity contribution is -0.158. The molecule has 0 aliphatic heterocycles. The van der Waals surface area contributed by atoms with Crippen LogP contribution >= 0.6 is 0 Å². The number of rotatable bonds is 4. The summed E-state index contributed by atoms with van der Waals surface area (Å²) in [6.45, 7) is 3.41. The van der Waals surface area contributed by atoms with Gasteiger partial charge in [0.05, 0.1) is 0 Å². The summed E-state index contributed by atoms with van der Waals surface area (Å²) >= 11 is 0. The maximum absolute atomic E-state index is 10.7. The van der Waals surface area contributed by atoms with E-state index in [1.165, 1.54) is 13.0 Å². The van der Waals surface area contributed by atoms with Crippen LogP contribution in [0.5, 0.6) is 0 Å². The second-order valence-corrected chi connectivity index (χ2v) is 2.23. The molecule has 0 aliphatic carbocycles. The molecule has 3 nitrogen and oxygen atoms in total. The predicted octanol–water partition coefficient (Wildman–Crippen LogP) is 1.22. The average Bonchev–Trinajstić information content (AvgIpc) is 1.86. The first-order valence-electron chi connectivity index (χ1n) is 3.72. The lowest BCUT2D eigenvalue weighted by atomic mass is 10.3. The highest BCUT2D eigenvalue weighted by Crippen LogP contribution is 1.91. The molecule has 3 heteroatoms. The van der Waals surface area contributed by atoms with E-state index in [4.69, 9.17) is 5.11 Å². The maximum atomic E-state index is 10.7. The van der Waals surface area contributed by atoms with E-state index < -0.39 is 12.3 Å². The highest BCUT2D eigenvalue weighted by Gasteiger charge is 1.99. The van der Waals surface area contributed by atoms with Gasteiger partial charge in [0.15, 0.2) is 6.29 Å². The third-order valence-corrected chi connectivity index (χ3v) is 0.996. The molecule has 0 saturated carbocycles. The van der Waals surface area contributed by atoms with Gasteiger partial charge < -0.3 is 9.84 Å². The lowest BCUT2D eigenvalue weighted by Crippen LogP contribution is -2.11. The van der Waals surface area contributed by atoms with Crippen LogP contribution in [-0.2, 0) is 9.53 Å². The fraction of sp³-hybridized carbons (Fsp3) is 0.625. The van der Waals surface area contributed by atoms with Crippen LogP contribution < -0.4 is 0 Å². The van der Waals surface area contributed by atoms with Crippen LogP contribution in [0.1, 0.15) is 26.7 Å². The van der Waals surface area contributed by atoms with Gasteiger partial charge in [-0.05, 0) is 13.3 Å².